The summed E-state index contributed by atoms with van der Waals surface area (Å²) in [5, 5.41) is 19.4. The number of esters is 1. The molecule has 27 heavy (non-hydrogen) atoms. The van der Waals surface area contributed by atoms with Gasteiger partial charge in [0.2, 0.25) is 0 Å². The van der Waals surface area contributed by atoms with Crippen molar-refractivity contribution in [3.05, 3.63) is 65.2 Å². The van der Waals surface area contributed by atoms with Crippen LogP contribution in [0.2, 0.25) is 0 Å². The Morgan fingerprint density at radius 3 is 2.52 bits per heavy atom. The van der Waals surface area contributed by atoms with Gasteiger partial charge in [0.05, 0.1) is 12.5 Å². The summed E-state index contributed by atoms with van der Waals surface area (Å²) in [6.45, 7) is 5.39. The highest BCUT2D eigenvalue weighted by Gasteiger charge is 2.35. The molecule has 2 aromatic rings. The number of fused-ring (bicyclic) bond motifs is 1. The van der Waals surface area contributed by atoms with Gasteiger partial charge in [-0.15, -0.1) is 0 Å². The second kappa shape index (κ2) is 7.45. The number of phenolic OH excluding ortho intramolecular Hbond substituents is 1. The van der Waals surface area contributed by atoms with Gasteiger partial charge in [-0.3, -0.25) is 0 Å². The van der Waals surface area contributed by atoms with E-state index in [4.69, 9.17) is 9.47 Å². The van der Waals surface area contributed by atoms with E-state index in [1.807, 2.05) is 39.0 Å². The zero-order chi connectivity index (χ0) is 19.6. The molecule has 0 fully saturated rings. The topological polar surface area (TPSA) is 76.0 Å². The Bertz CT molecular complexity index is 846. The molecule has 0 saturated heterocycles. The average molecular weight is 368 g/mol. The van der Waals surface area contributed by atoms with Gasteiger partial charge >= 0.3 is 5.97 Å². The Hall–Kier alpha value is -2.79. The van der Waals surface area contributed by atoms with Crippen LogP contribution in [-0.4, -0.2) is 28.4 Å². The molecule has 2 N–H and O–H groups in total. The molecule has 142 valence electrons. The number of benzene rings is 2. The average Bonchev–Trinajstić information content (AvgIpc) is 2.97. The summed E-state index contributed by atoms with van der Waals surface area (Å²) in [4.78, 5) is 11.9. The maximum absolute atomic E-state index is 11.9. The van der Waals surface area contributed by atoms with Gasteiger partial charge in [-0.05, 0) is 62.2 Å². The lowest BCUT2D eigenvalue weighted by molar-refractivity contribution is -0.148. The van der Waals surface area contributed by atoms with Crippen LogP contribution in [0.15, 0.2) is 48.5 Å². The Kier molecular flexibility index (Phi) is 5.24. The molecule has 0 saturated carbocycles. The smallest absolute Gasteiger partial charge is 0.331 e. The highest BCUT2D eigenvalue weighted by atomic mass is 16.6. The molecule has 0 unspecified atom stereocenters. The van der Waals surface area contributed by atoms with Crippen LogP contribution in [0.3, 0.4) is 0 Å². The highest BCUT2D eigenvalue weighted by Crippen LogP contribution is 2.46. The van der Waals surface area contributed by atoms with Gasteiger partial charge in [-0.2, -0.15) is 0 Å². The summed E-state index contributed by atoms with van der Waals surface area (Å²) in [5.41, 5.74) is 2.07. The summed E-state index contributed by atoms with van der Waals surface area (Å²) in [6, 6.07) is 12.4. The van der Waals surface area contributed by atoms with Crippen molar-refractivity contribution >= 4 is 12.0 Å². The number of aliphatic hydroxyl groups is 1. The molecule has 0 radical (unpaired) electrons. The summed E-state index contributed by atoms with van der Waals surface area (Å²) in [5.74, 6) is 0.269. The molecular weight excluding hydrogens is 344 g/mol. The van der Waals surface area contributed by atoms with E-state index in [0.29, 0.717) is 5.75 Å². The van der Waals surface area contributed by atoms with Crippen LogP contribution in [0.4, 0.5) is 0 Å². The van der Waals surface area contributed by atoms with Crippen molar-refractivity contribution in [1.29, 1.82) is 0 Å². The number of hydrogen-bond donors (Lipinski definition) is 2. The molecule has 2 aromatic carbocycles. The van der Waals surface area contributed by atoms with Crippen LogP contribution in [0.1, 0.15) is 49.5 Å². The van der Waals surface area contributed by atoms with Crippen molar-refractivity contribution in [2.75, 3.05) is 6.61 Å². The standard InChI is InChI=1S/C22H24O5/c1-22(2,3)27-20(25)11-5-14-4-10-19-17(12-14)18(13-23)21(26-19)15-6-8-16(24)9-7-15/h4-12,18,21,23-24H,13H2,1-3H3/b11-5+/t18-,21+/m0/s1. The molecular formula is C22H24O5. The van der Waals surface area contributed by atoms with Gasteiger partial charge < -0.3 is 19.7 Å². The number of aromatic hydroxyl groups is 1. The predicted molar refractivity (Wildman–Crippen MR) is 103 cm³/mol. The molecule has 1 aliphatic heterocycles. The van der Waals surface area contributed by atoms with Gasteiger partial charge in [0, 0.05) is 11.6 Å². The van der Waals surface area contributed by atoms with E-state index in [0.717, 1.165) is 16.7 Å². The van der Waals surface area contributed by atoms with Crippen molar-refractivity contribution in [2.24, 2.45) is 0 Å². The Labute approximate surface area is 158 Å². The fourth-order valence-corrected chi connectivity index (χ4v) is 3.11. The molecule has 1 aliphatic rings. The molecule has 3 rings (SSSR count). The molecule has 0 aromatic heterocycles. The van der Waals surface area contributed by atoms with E-state index >= 15 is 0 Å². The zero-order valence-electron chi connectivity index (χ0n) is 15.7. The van der Waals surface area contributed by atoms with Crippen LogP contribution >= 0.6 is 0 Å². The lowest BCUT2D eigenvalue weighted by atomic mass is 9.91. The lowest BCUT2D eigenvalue weighted by Gasteiger charge is -2.18. The Balaban J connectivity index is 1.81. The monoisotopic (exact) mass is 368 g/mol. The Morgan fingerprint density at radius 1 is 1.19 bits per heavy atom. The maximum atomic E-state index is 11.9. The van der Waals surface area contributed by atoms with Crippen molar-refractivity contribution in [1.82, 2.24) is 0 Å². The highest BCUT2D eigenvalue weighted by molar-refractivity contribution is 5.87. The number of phenols is 1. The van der Waals surface area contributed by atoms with Crippen LogP contribution in [-0.2, 0) is 9.53 Å². The summed E-state index contributed by atoms with van der Waals surface area (Å²) in [6.07, 6.45) is 2.76. The zero-order valence-corrected chi connectivity index (χ0v) is 15.7. The van der Waals surface area contributed by atoms with E-state index in [1.165, 1.54) is 6.08 Å². The Morgan fingerprint density at radius 2 is 1.89 bits per heavy atom. The minimum Gasteiger partial charge on any atom is -0.508 e. The first-order valence-corrected chi connectivity index (χ1v) is 8.88. The molecule has 0 spiro atoms. The fraction of sp³-hybridized carbons (Fsp3) is 0.318. The third-order valence-corrected chi connectivity index (χ3v) is 4.29. The maximum Gasteiger partial charge on any atom is 0.331 e. The van der Waals surface area contributed by atoms with Gasteiger partial charge in [0.25, 0.3) is 0 Å². The molecule has 5 nitrogen and oxygen atoms in total. The third kappa shape index (κ3) is 4.49. The number of hydrogen-bond acceptors (Lipinski definition) is 5. The predicted octanol–water partition coefficient (Wildman–Crippen LogP) is 3.96. The largest absolute Gasteiger partial charge is 0.508 e. The lowest BCUT2D eigenvalue weighted by Crippen LogP contribution is -2.22. The van der Waals surface area contributed by atoms with Gasteiger partial charge in [0.1, 0.15) is 23.2 Å². The first-order valence-electron chi connectivity index (χ1n) is 8.88. The molecule has 2 atom stereocenters. The number of carbonyl (C=O) groups is 1. The van der Waals surface area contributed by atoms with Gasteiger partial charge in [-0.25, -0.2) is 4.79 Å². The summed E-state index contributed by atoms with van der Waals surface area (Å²) < 4.78 is 11.3. The number of carbonyl (C=O) groups excluding carboxylic acids is 1. The van der Waals surface area contributed by atoms with E-state index in [1.54, 1.807) is 30.3 Å². The number of ether oxygens (including phenoxy) is 2. The van der Waals surface area contributed by atoms with Crippen LogP contribution in [0.5, 0.6) is 11.5 Å². The van der Waals surface area contributed by atoms with Crippen LogP contribution < -0.4 is 4.74 Å². The van der Waals surface area contributed by atoms with E-state index in [-0.39, 0.29) is 24.4 Å². The third-order valence-electron chi connectivity index (χ3n) is 4.29. The van der Waals surface area contributed by atoms with Gasteiger partial charge in [-0.1, -0.05) is 18.2 Å². The SMILES string of the molecule is CC(C)(C)OC(=O)/C=C/c1ccc2c(c1)[C@H](CO)[C@@H](c1ccc(O)cc1)O2. The van der Waals surface area contributed by atoms with Crippen molar-refractivity contribution in [3.8, 4) is 11.5 Å². The number of aliphatic hydroxyl groups excluding tert-OH is 1. The van der Waals surface area contributed by atoms with E-state index in [9.17, 15) is 15.0 Å². The minimum atomic E-state index is -0.535. The van der Waals surface area contributed by atoms with Crippen molar-refractivity contribution < 1.29 is 24.5 Å². The minimum absolute atomic E-state index is 0.0717. The first kappa shape index (κ1) is 19.0. The molecule has 0 aliphatic carbocycles. The fourth-order valence-electron chi connectivity index (χ4n) is 3.11. The van der Waals surface area contributed by atoms with Crippen LogP contribution in [0.25, 0.3) is 6.08 Å². The first-order chi connectivity index (χ1) is 12.8. The summed E-state index contributed by atoms with van der Waals surface area (Å²) in [7, 11) is 0. The normalized spacial score (nSPS) is 19.0. The number of rotatable bonds is 4. The summed E-state index contributed by atoms with van der Waals surface area (Å²) >= 11 is 0. The van der Waals surface area contributed by atoms with Crippen LogP contribution in [0, 0.1) is 0 Å². The second-order valence-corrected chi connectivity index (χ2v) is 7.58. The van der Waals surface area contributed by atoms with E-state index < -0.39 is 11.6 Å². The van der Waals surface area contributed by atoms with Crippen molar-refractivity contribution in [3.63, 3.8) is 0 Å². The molecule has 0 bridgehead atoms. The van der Waals surface area contributed by atoms with Crippen molar-refractivity contribution in [2.45, 2.75) is 38.4 Å². The molecule has 0 amide bonds. The van der Waals surface area contributed by atoms with E-state index in [2.05, 4.69) is 0 Å². The second-order valence-electron chi connectivity index (χ2n) is 7.58. The molecule has 5 heteroatoms. The quantitative estimate of drug-likeness (QED) is 0.631. The van der Waals surface area contributed by atoms with Gasteiger partial charge in [0.15, 0.2) is 0 Å². The molecule has 1 heterocycles.